The lowest BCUT2D eigenvalue weighted by atomic mass is 9.99. The fourth-order valence-electron chi connectivity index (χ4n) is 2.89. The van der Waals surface area contributed by atoms with Crippen LogP contribution in [0.4, 0.5) is 0 Å². The number of nitrogens with one attached hydrogen (secondary N) is 1. The number of rotatable bonds is 7. The van der Waals surface area contributed by atoms with Crippen LogP contribution < -0.4 is 4.72 Å². The van der Waals surface area contributed by atoms with Crippen LogP contribution in [0.1, 0.15) is 30.6 Å². The molecule has 9 heteroatoms. The van der Waals surface area contributed by atoms with Crippen molar-refractivity contribution in [1.29, 1.82) is 0 Å². The summed E-state index contributed by atoms with van der Waals surface area (Å²) in [4.78, 5) is 36.0. The van der Waals surface area contributed by atoms with Crippen LogP contribution in [0.2, 0.25) is 0 Å². The second-order valence-electron chi connectivity index (χ2n) is 6.45. The van der Waals surface area contributed by atoms with Gasteiger partial charge in [-0.1, -0.05) is 19.1 Å². The van der Waals surface area contributed by atoms with Crippen molar-refractivity contribution in [3.8, 4) is 0 Å². The molecule has 1 amide bonds. The zero-order valence-electron chi connectivity index (χ0n) is 14.6. The van der Waals surface area contributed by atoms with Gasteiger partial charge in [-0.05, 0) is 25.0 Å². The third-order valence-corrected chi connectivity index (χ3v) is 5.96. The highest BCUT2D eigenvalue weighted by Crippen LogP contribution is 2.23. The molecule has 26 heavy (non-hydrogen) atoms. The molecule has 0 aliphatic carbocycles. The lowest BCUT2D eigenvalue weighted by Crippen LogP contribution is -2.33. The van der Waals surface area contributed by atoms with Crippen molar-refractivity contribution in [2.24, 2.45) is 11.8 Å². The van der Waals surface area contributed by atoms with Crippen LogP contribution in [0.25, 0.3) is 0 Å². The molecule has 0 saturated carbocycles. The first-order valence-electron chi connectivity index (χ1n) is 8.23. The molecular weight excluding hydrogens is 360 g/mol. The third-order valence-electron chi connectivity index (χ3n) is 4.48. The summed E-state index contributed by atoms with van der Waals surface area (Å²) in [6.07, 6.45) is -0.0518. The van der Waals surface area contributed by atoms with Crippen LogP contribution in [0.3, 0.4) is 0 Å². The number of amides is 1. The van der Waals surface area contributed by atoms with Crippen molar-refractivity contribution in [1.82, 2.24) is 9.62 Å². The van der Waals surface area contributed by atoms with E-state index in [9.17, 15) is 22.8 Å². The highest BCUT2D eigenvalue weighted by Gasteiger charge is 2.36. The number of carbonyl (C=O) groups is 3. The highest BCUT2D eigenvalue weighted by atomic mass is 32.2. The van der Waals surface area contributed by atoms with Gasteiger partial charge in [0.1, 0.15) is 0 Å². The van der Waals surface area contributed by atoms with Crippen LogP contribution in [-0.2, 0) is 19.6 Å². The summed E-state index contributed by atoms with van der Waals surface area (Å²) in [6, 6.07) is 5.53. The molecule has 0 aromatic heterocycles. The van der Waals surface area contributed by atoms with Crippen LogP contribution in [0.15, 0.2) is 29.2 Å². The van der Waals surface area contributed by atoms with E-state index in [0.29, 0.717) is 12.1 Å². The van der Waals surface area contributed by atoms with E-state index in [4.69, 9.17) is 5.11 Å². The molecule has 0 unspecified atom stereocenters. The molecule has 1 aromatic carbocycles. The van der Waals surface area contributed by atoms with Crippen LogP contribution in [-0.4, -0.2) is 55.7 Å². The average Bonchev–Trinajstić information content (AvgIpc) is 2.97. The van der Waals surface area contributed by atoms with Gasteiger partial charge in [-0.3, -0.25) is 14.4 Å². The monoisotopic (exact) mass is 382 g/mol. The molecule has 1 aliphatic rings. The number of carboxylic acids is 1. The van der Waals surface area contributed by atoms with Gasteiger partial charge in [-0.2, -0.15) is 0 Å². The number of carbonyl (C=O) groups excluding carboxylic acids is 2. The number of hydrogen-bond donors (Lipinski definition) is 2. The van der Waals surface area contributed by atoms with Gasteiger partial charge in [0.15, 0.2) is 5.78 Å². The number of likely N-dealkylation sites (tertiary alicyclic amines) is 1. The Kier molecular flexibility index (Phi) is 6.14. The molecule has 1 saturated heterocycles. The number of benzene rings is 1. The minimum atomic E-state index is -3.78. The van der Waals surface area contributed by atoms with Crippen LogP contribution in [0, 0.1) is 11.8 Å². The Hall–Kier alpha value is -2.26. The molecule has 2 atom stereocenters. The SMILES string of the molecule is CC(=O)c1ccc(S(=O)(=O)NCCC(=O)N2C[C@@H](C)[C@H](C(=O)O)C2)cc1. The highest BCUT2D eigenvalue weighted by molar-refractivity contribution is 7.89. The van der Waals surface area contributed by atoms with E-state index in [0.717, 1.165) is 0 Å². The summed E-state index contributed by atoms with van der Waals surface area (Å²) in [5.74, 6) is -2.09. The Labute approximate surface area is 152 Å². The topological polar surface area (TPSA) is 121 Å². The fraction of sp³-hybridized carbons (Fsp3) is 0.471. The van der Waals surface area contributed by atoms with Gasteiger partial charge in [0, 0.05) is 31.6 Å². The molecule has 1 aliphatic heterocycles. The summed E-state index contributed by atoms with van der Waals surface area (Å²) >= 11 is 0. The van der Waals surface area contributed by atoms with E-state index in [-0.39, 0.29) is 42.0 Å². The van der Waals surface area contributed by atoms with E-state index >= 15 is 0 Å². The number of sulfonamides is 1. The Morgan fingerprint density at radius 1 is 1.19 bits per heavy atom. The Balaban J connectivity index is 1.89. The van der Waals surface area contributed by atoms with Crippen molar-refractivity contribution in [3.63, 3.8) is 0 Å². The molecule has 0 bridgehead atoms. The second kappa shape index (κ2) is 7.96. The zero-order chi connectivity index (χ0) is 19.5. The van der Waals surface area contributed by atoms with Gasteiger partial charge in [-0.25, -0.2) is 13.1 Å². The number of carboxylic acid groups (broad SMARTS) is 1. The predicted molar refractivity (Wildman–Crippen MR) is 93.1 cm³/mol. The summed E-state index contributed by atoms with van der Waals surface area (Å²) in [6.45, 7) is 3.59. The summed E-state index contributed by atoms with van der Waals surface area (Å²) in [7, 11) is -3.78. The third kappa shape index (κ3) is 4.67. The predicted octanol–water partition coefficient (Wildman–Crippen LogP) is 0.737. The van der Waals surface area contributed by atoms with Crippen molar-refractivity contribution in [3.05, 3.63) is 29.8 Å². The maximum absolute atomic E-state index is 12.2. The quantitative estimate of drug-likeness (QED) is 0.671. The van der Waals surface area contributed by atoms with Crippen molar-refractivity contribution in [2.75, 3.05) is 19.6 Å². The first kappa shape index (κ1) is 20.1. The fourth-order valence-corrected chi connectivity index (χ4v) is 3.93. The van der Waals surface area contributed by atoms with Crippen molar-refractivity contribution >= 4 is 27.7 Å². The number of ketones is 1. The van der Waals surface area contributed by atoms with Crippen LogP contribution >= 0.6 is 0 Å². The normalized spacial score (nSPS) is 20.2. The average molecular weight is 382 g/mol. The van der Waals surface area contributed by atoms with Crippen molar-refractivity contribution in [2.45, 2.75) is 25.2 Å². The maximum atomic E-state index is 12.2. The number of aliphatic carboxylic acids is 1. The lowest BCUT2D eigenvalue weighted by molar-refractivity contribution is -0.142. The Morgan fingerprint density at radius 3 is 2.31 bits per heavy atom. The van der Waals surface area contributed by atoms with Gasteiger partial charge in [0.05, 0.1) is 10.8 Å². The lowest BCUT2D eigenvalue weighted by Gasteiger charge is -2.16. The standard InChI is InChI=1S/C17H22N2O6S/c1-11-9-19(10-15(11)17(22)23)16(21)7-8-18-26(24,25)14-5-3-13(4-6-14)12(2)20/h3-6,11,15,18H,7-10H2,1-2H3,(H,22,23)/t11-,15-/m1/s1. The largest absolute Gasteiger partial charge is 0.481 e. The summed E-state index contributed by atoms with van der Waals surface area (Å²) in [5.41, 5.74) is 0.412. The molecule has 1 heterocycles. The molecule has 8 nitrogen and oxygen atoms in total. The zero-order valence-corrected chi connectivity index (χ0v) is 15.5. The first-order chi connectivity index (χ1) is 12.1. The van der Waals surface area contributed by atoms with E-state index in [1.165, 1.54) is 36.1 Å². The Morgan fingerprint density at radius 2 is 1.81 bits per heavy atom. The van der Waals surface area contributed by atoms with E-state index in [1.54, 1.807) is 6.92 Å². The molecule has 142 valence electrons. The molecule has 2 N–H and O–H groups in total. The maximum Gasteiger partial charge on any atom is 0.308 e. The number of nitrogens with zero attached hydrogens (tertiary/aromatic N) is 1. The second-order valence-corrected chi connectivity index (χ2v) is 8.22. The van der Waals surface area contributed by atoms with E-state index in [1.807, 2.05) is 0 Å². The molecule has 0 spiro atoms. The Bertz CT molecular complexity index is 803. The molecular formula is C17H22N2O6S. The minimum Gasteiger partial charge on any atom is -0.481 e. The van der Waals surface area contributed by atoms with E-state index < -0.39 is 21.9 Å². The molecule has 1 fully saturated rings. The van der Waals surface area contributed by atoms with Gasteiger partial charge < -0.3 is 10.0 Å². The van der Waals surface area contributed by atoms with Gasteiger partial charge in [0.25, 0.3) is 0 Å². The summed E-state index contributed by atoms with van der Waals surface area (Å²) < 4.78 is 26.8. The first-order valence-corrected chi connectivity index (χ1v) is 9.71. The molecule has 0 radical (unpaired) electrons. The van der Waals surface area contributed by atoms with Crippen LogP contribution in [0.5, 0.6) is 0 Å². The van der Waals surface area contributed by atoms with Gasteiger partial charge in [0.2, 0.25) is 15.9 Å². The molecule has 1 aromatic rings. The molecule has 2 rings (SSSR count). The number of hydrogen-bond acceptors (Lipinski definition) is 5. The minimum absolute atomic E-state index is 0.00989. The van der Waals surface area contributed by atoms with Crippen molar-refractivity contribution < 1.29 is 27.9 Å². The number of Topliss-reactive ketones (excluding diaryl/α,β-unsaturated/α-hetero) is 1. The summed E-state index contributed by atoms with van der Waals surface area (Å²) in [5, 5.41) is 9.10. The van der Waals surface area contributed by atoms with Gasteiger partial charge >= 0.3 is 5.97 Å². The smallest absolute Gasteiger partial charge is 0.308 e. The van der Waals surface area contributed by atoms with Gasteiger partial charge in [-0.15, -0.1) is 0 Å². The van der Waals surface area contributed by atoms with E-state index in [2.05, 4.69) is 4.72 Å².